The average Bonchev–Trinajstić information content (AvgIpc) is 2.95. The average molecular weight is 418 g/mol. The Morgan fingerprint density at radius 2 is 1.82 bits per heavy atom. The topological polar surface area (TPSA) is 55.0 Å². The van der Waals surface area contributed by atoms with E-state index in [0.29, 0.717) is 33.1 Å². The highest BCUT2D eigenvalue weighted by Gasteiger charge is 2.42. The van der Waals surface area contributed by atoms with E-state index in [1.165, 1.54) is 4.90 Å². The third-order valence-electron chi connectivity index (χ3n) is 4.99. The summed E-state index contributed by atoms with van der Waals surface area (Å²) in [6, 6.07) is 11.6. The fraction of sp³-hybridized carbons (Fsp3) is 0.238. The fourth-order valence-corrected chi connectivity index (χ4v) is 3.88. The van der Waals surface area contributed by atoms with Crippen LogP contribution in [0.15, 0.2) is 51.7 Å². The first-order valence-corrected chi connectivity index (χ1v) is 9.74. The number of para-hydroxylation sites is 1. The summed E-state index contributed by atoms with van der Waals surface area (Å²) in [6.07, 6.45) is 0. The summed E-state index contributed by atoms with van der Waals surface area (Å²) < 4.78 is 5.88. The zero-order valence-electron chi connectivity index (χ0n) is 15.5. The molecule has 0 saturated heterocycles. The summed E-state index contributed by atoms with van der Waals surface area (Å²) in [5, 5.41) is 1.26. The molecule has 0 unspecified atom stereocenters. The Bertz CT molecular complexity index is 1140. The molecule has 5 nitrogen and oxygen atoms in total. The van der Waals surface area contributed by atoms with E-state index in [1.807, 2.05) is 14.1 Å². The van der Waals surface area contributed by atoms with Crippen molar-refractivity contribution in [2.75, 3.05) is 27.2 Å². The summed E-state index contributed by atoms with van der Waals surface area (Å²) in [7, 11) is 4.03. The van der Waals surface area contributed by atoms with Crippen LogP contribution in [0.25, 0.3) is 11.0 Å². The molecular formula is C21H19Cl2N2O3+. The Hall–Kier alpha value is -2.34. The van der Waals surface area contributed by atoms with Gasteiger partial charge in [0.2, 0.25) is 5.76 Å². The Kier molecular flexibility index (Phi) is 4.91. The van der Waals surface area contributed by atoms with Gasteiger partial charge in [0.15, 0.2) is 5.43 Å². The lowest BCUT2D eigenvalue weighted by Gasteiger charge is -2.25. The number of halogens is 2. The van der Waals surface area contributed by atoms with E-state index >= 15 is 0 Å². The van der Waals surface area contributed by atoms with E-state index in [2.05, 4.69) is 0 Å². The van der Waals surface area contributed by atoms with Crippen LogP contribution in [0, 0.1) is 0 Å². The van der Waals surface area contributed by atoms with Crippen LogP contribution in [-0.4, -0.2) is 38.0 Å². The van der Waals surface area contributed by atoms with Gasteiger partial charge in [-0.05, 0) is 29.8 Å². The lowest BCUT2D eigenvalue weighted by Crippen LogP contribution is -3.06. The van der Waals surface area contributed by atoms with Crippen molar-refractivity contribution in [3.05, 3.63) is 79.6 Å². The Morgan fingerprint density at radius 1 is 1.07 bits per heavy atom. The number of benzene rings is 2. The summed E-state index contributed by atoms with van der Waals surface area (Å²) in [5.41, 5.74) is 1.31. The molecule has 7 heteroatoms. The van der Waals surface area contributed by atoms with Crippen LogP contribution < -0.4 is 10.3 Å². The molecule has 3 aromatic rings. The van der Waals surface area contributed by atoms with Crippen LogP contribution in [0.1, 0.15) is 27.7 Å². The van der Waals surface area contributed by atoms with Gasteiger partial charge in [0.25, 0.3) is 5.91 Å². The largest absolute Gasteiger partial charge is 0.450 e. The number of hydrogen-bond donors (Lipinski definition) is 1. The highest BCUT2D eigenvalue weighted by Crippen LogP contribution is 2.39. The Morgan fingerprint density at radius 3 is 2.54 bits per heavy atom. The van der Waals surface area contributed by atoms with Crippen molar-refractivity contribution >= 4 is 40.1 Å². The van der Waals surface area contributed by atoms with Crippen LogP contribution >= 0.6 is 23.2 Å². The third kappa shape index (κ3) is 3.09. The zero-order valence-corrected chi connectivity index (χ0v) is 17.0. The van der Waals surface area contributed by atoms with Crippen molar-refractivity contribution in [3.8, 4) is 0 Å². The van der Waals surface area contributed by atoms with Gasteiger partial charge in [0, 0.05) is 0 Å². The Balaban J connectivity index is 1.95. The van der Waals surface area contributed by atoms with Crippen LogP contribution in [0.3, 0.4) is 0 Å². The number of rotatable bonds is 4. The molecule has 1 aromatic heterocycles. The van der Waals surface area contributed by atoms with Gasteiger partial charge in [-0.2, -0.15) is 0 Å². The highest BCUT2D eigenvalue weighted by molar-refractivity contribution is 6.42. The quantitative estimate of drug-likeness (QED) is 0.709. The maximum Gasteiger partial charge on any atom is 0.291 e. The smallest absolute Gasteiger partial charge is 0.291 e. The summed E-state index contributed by atoms with van der Waals surface area (Å²) >= 11 is 12.3. The number of quaternary nitrogens is 1. The summed E-state index contributed by atoms with van der Waals surface area (Å²) in [6.45, 7) is 1.21. The number of carbonyl (C=O) groups is 1. The minimum absolute atomic E-state index is 0.105. The van der Waals surface area contributed by atoms with Crippen LogP contribution in [-0.2, 0) is 0 Å². The molecule has 4 rings (SSSR count). The fourth-order valence-electron chi connectivity index (χ4n) is 3.57. The molecule has 0 fully saturated rings. The minimum atomic E-state index is -0.558. The van der Waals surface area contributed by atoms with Crippen molar-refractivity contribution in [1.82, 2.24) is 4.90 Å². The second-order valence-electron chi connectivity index (χ2n) is 7.20. The van der Waals surface area contributed by atoms with E-state index in [-0.39, 0.29) is 17.1 Å². The number of carbonyl (C=O) groups excluding carboxylic acids is 1. The van der Waals surface area contributed by atoms with Gasteiger partial charge in [-0.15, -0.1) is 0 Å². The minimum Gasteiger partial charge on any atom is -0.450 e. The molecule has 0 spiro atoms. The van der Waals surface area contributed by atoms with Gasteiger partial charge in [-0.3, -0.25) is 9.59 Å². The number of amides is 1. The molecule has 2 aromatic carbocycles. The molecule has 1 aliphatic heterocycles. The third-order valence-corrected chi connectivity index (χ3v) is 5.72. The molecule has 0 aliphatic carbocycles. The second-order valence-corrected chi connectivity index (χ2v) is 8.02. The highest BCUT2D eigenvalue weighted by atomic mass is 35.5. The van der Waals surface area contributed by atoms with Crippen LogP contribution in [0.4, 0.5) is 0 Å². The van der Waals surface area contributed by atoms with E-state index in [0.717, 1.165) is 12.1 Å². The number of nitrogens with one attached hydrogen (secondary N) is 1. The van der Waals surface area contributed by atoms with Crippen LogP contribution in [0.5, 0.6) is 0 Å². The second kappa shape index (κ2) is 7.24. The van der Waals surface area contributed by atoms with Gasteiger partial charge < -0.3 is 14.2 Å². The molecule has 1 aliphatic rings. The molecule has 144 valence electrons. The van der Waals surface area contributed by atoms with Gasteiger partial charge in [0.1, 0.15) is 5.58 Å². The molecular weight excluding hydrogens is 399 g/mol. The van der Waals surface area contributed by atoms with E-state index in [4.69, 9.17) is 27.6 Å². The number of hydrogen-bond acceptors (Lipinski definition) is 3. The Labute approximate surface area is 172 Å². The lowest BCUT2D eigenvalue weighted by atomic mass is 9.98. The molecule has 0 saturated carbocycles. The predicted molar refractivity (Wildman–Crippen MR) is 110 cm³/mol. The van der Waals surface area contributed by atoms with Gasteiger partial charge in [-0.25, -0.2) is 0 Å². The molecule has 1 N–H and O–H groups in total. The van der Waals surface area contributed by atoms with E-state index in [1.54, 1.807) is 47.4 Å². The molecule has 0 radical (unpaired) electrons. The standard InChI is InChI=1S/C21H18Cl2N2O3/c1-24(2)9-10-25-18(12-7-8-14(22)15(23)11-12)17-19(26)13-5-3-4-6-16(13)28-20(17)21(25)27/h3-8,11,18H,9-10H2,1-2H3/p+1/t18-/m0/s1. The molecule has 28 heavy (non-hydrogen) atoms. The molecule has 2 heterocycles. The van der Waals surface area contributed by atoms with Crippen LogP contribution in [0.2, 0.25) is 10.0 Å². The number of fused-ring (bicyclic) bond motifs is 2. The molecule has 1 atom stereocenters. The zero-order chi connectivity index (χ0) is 20.0. The molecule has 0 bridgehead atoms. The van der Waals surface area contributed by atoms with Crippen molar-refractivity contribution in [2.24, 2.45) is 0 Å². The first kappa shape index (κ1) is 19.0. The maximum absolute atomic E-state index is 13.3. The summed E-state index contributed by atoms with van der Waals surface area (Å²) in [5.74, 6) is -0.177. The van der Waals surface area contributed by atoms with Crippen molar-refractivity contribution in [1.29, 1.82) is 0 Å². The predicted octanol–water partition coefficient (Wildman–Crippen LogP) is 2.79. The van der Waals surface area contributed by atoms with E-state index < -0.39 is 6.04 Å². The maximum atomic E-state index is 13.3. The molecule has 1 amide bonds. The first-order chi connectivity index (χ1) is 13.4. The van der Waals surface area contributed by atoms with Crippen molar-refractivity contribution < 1.29 is 14.1 Å². The monoisotopic (exact) mass is 417 g/mol. The lowest BCUT2D eigenvalue weighted by molar-refractivity contribution is -0.857. The summed E-state index contributed by atoms with van der Waals surface area (Å²) in [4.78, 5) is 29.3. The van der Waals surface area contributed by atoms with Gasteiger partial charge in [-0.1, -0.05) is 41.4 Å². The van der Waals surface area contributed by atoms with Crippen molar-refractivity contribution in [3.63, 3.8) is 0 Å². The van der Waals surface area contributed by atoms with Crippen molar-refractivity contribution in [2.45, 2.75) is 6.04 Å². The van der Waals surface area contributed by atoms with Gasteiger partial charge in [0.05, 0.1) is 54.2 Å². The van der Waals surface area contributed by atoms with E-state index in [9.17, 15) is 9.59 Å². The van der Waals surface area contributed by atoms with Gasteiger partial charge >= 0.3 is 0 Å². The normalized spacial score (nSPS) is 16.2. The number of likely N-dealkylation sites (N-methyl/N-ethyl adjacent to an activating group) is 1. The SMILES string of the molecule is C[NH+](C)CCN1C(=O)c2oc3ccccc3c(=O)c2[C@@H]1c1ccc(Cl)c(Cl)c1. The number of nitrogens with zero attached hydrogens (tertiary/aromatic N) is 1. The first-order valence-electron chi connectivity index (χ1n) is 8.99.